The minimum Gasteiger partial charge on any atom is -0.381 e. The number of carbonyl (C=O) groups is 1. The summed E-state index contributed by atoms with van der Waals surface area (Å²) < 4.78 is 25.2. The summed E-state index contributed by atoms with van der Waals surface area (Å²) >= 11 is 5.84. The van der Waals surface area contributed by atoms with Crippen LogP contribution in [-0.4, -0.2) is 65.7 Å². The lowest BCUT2D eigenvalue weighted by Crippen LogP contribution is -2.47. The molecule has 0 saturated carbocycles. The Morgan fingerprint density at radius 2 is 2.15 bits per heavy atom. The molecule has 2 atom stereocenters. The predicted molar refractivity (Wildman–Crippen MR) is 125 cm³/mol. The lowest BCUT2D eigenvalue weighted by atomic mass is 10.0. The first-order valence-corrected chi connectivity index (χ1v) is 11.8. The summed E-state index contributed by atoms with van der Waals surface area (Å²) in [7, 11) is 0. The van der Waals surface area contributed by atoms with Crippen LogP contribution in [0.5, 0.6) is 0 Å². The van der Waals surface area contributed by atoms with Gasteiger partial charge in [0.05, 0.1) is 23.3 Å². The molecule has 180 valence electrons. The van der Waals surface area contributed by atoms with Crippen LogP contribution in [0.3, 0.4) is 0 Å². The molecule has 11 heteroatoms. The van der Waals surface area contributed by atoms with Crippen molar-refractivity contribution in [3.63, 3.8) is 0 Å². The zero-order valence-corrected chi connectivity index (χ0v) is 19.3. The number of hydrogen-bond donors (Lipinski definition) is 2. The van der Waals surface area contributed by atoms with Crippen LogP contribution in [0.25, 0.3) is 0 Å². The minimum absolute atomic E-state index is 0.0207. The molecule has 4 heterocycles. The van der Waals surface area contributed by atoms with Gasteiger partial charge in [-0.25, -0.2) is 19.2 Å². The Balaban J connectivity index is 1.29. The average Bonchev–Trinajstić information content (AvgIpc) is 3.39. The second-order valence-electron chi connectivity index (χ2n) is 8.56. The Morgan fingerprint density at radius 1 is 1.29 bits per heavy atom. The Hall–Kier alpha value is -2.82. The molecule has 1 aromatic heterocycles. The van der Waals surface area contributed by atoms with Crippen molar-refractivity contribution in [3.8, 4) is 0 Å². The number of aromatic nitrogens is 2. The van der Waals surface area contributed by atoms with E-state index >= 15 is 0 Å². The van der Waals surface area contributed by atoms with E-state index in [9.17, 15) is 9.18 Å². The molecule has 2 amide bonds. The van der Waals surface area contributed by atoms with E-state index in [1.54, 1.807) is 17.2 Å². The molecular weight excluding hydrogens is 463 g/mol. The Labute approximate surface area is 201 Å². The second kappa shape index (κ2) is 10.2. The highest BCUT2D eigenvalue weighted by Crippen LogP contribution is 2.26. The van der Waals surface area contributed by atoms with E-state index in [-0.39, 0.29) is 23.8 Å². The minimum atomic E-state index is -0.608. The highest BCUT2D eigenvalue weighted by atomic mass is 35.5. The van der Waals surface area contributed by atoms with Crippen LogP contribution in [0.15, 0.2) is 29.4 Å². The predicted octanol–water partition coefficient (Wildman–Crippen LogP) is 3.10. The number of carbonyl (C=O) groups excluding carboxylic acids is 1. The van der Waals surface area contributed by atoms with Gasteiger partial charge < -0.3 is 25.0 Å². The molecule has 0 bridgehead atoms. The van der Waals surface area contributed by atoms with Gasteiger partial charge in [-0.1, -0.05) is 17.7 Å². The first-order valence-electron chi connectivity index (χ1n) is 11.4. The van der Waals surface area contributed by atoms with Crippen molar-refractivity contribution in [2.75, 3.05) is 31.8 Å². The first kappa shape index (κ1) is 22.9. The third kappa shape index (κ3) is 5.13. The summed E-state index contributed by atoms with van der Waals surface area (Å²) in [6, 6.07) is 3.85. The van der Waals surface area contributed by atoms with Crippen LogP contribution >= 0.6 is 11.6 Å². The highest BCUT2D eigenvalue weighted by molar-refractivity contribution is 6.30. The molecule has 0 aliphatic carbocycles. The number of hydrogen-bond acceptors (Lipinski definition) is 7. The average molecular weight is 489 g/mol. The van der Waals surface area contributed by atoms with Gasteiger partial charge in [0.2, 0.25) is 5.95 Å². The number of urea groups is 1. The second-order valence-corrected chi connectivity index (χ2v) is 8.97. The quantitative estimate of drug-likeness (QED) is 0.670. The molecule has 5 rings (SSSR count). The van der Waals surface area contributed by atoms with E-state index in [1.807, 2.05) is 6.20 Å². The van der Waals surface area contributed by atoms with E-state index in [1.165, 1.54) is 12.1 Å². The fraction of sp³-hybridized carbons (Fsp3) is 0.478. The maximum Gasteiger partial charge on any atom is 0.318 e. The molecule has 1 aromatic carbocycles. The topological polar surface area (TPSA) is 101 Å². The number of halogens is 2. The van der Waals surface area contributed by atoms with Gasteiger partial charge in [0, 0.05) is 38.2 Å². The van der Waals surface area contributed by atoms with E-state index in [0.29, 0.717) is 31.0 Å². The summed E-state index contributed by atoms with van der Waals surface area (Å²) in [6.07, 6.45) is 5.44. The van der Waals surface area contributed by atoms with Crippen molar-refractivity contribution in [2.24, 2.45) is 4.99 Å². The number of nitrogens with one attached hydrogen (secondary N) is 2. The van der Waals surface area contributed by atoms with Crippen LogP contribution in [0, 0.1) is 5.82 Å². The summed E-state index contributed by atoms with van der Waals surface area (Å²) in [5.41, 5.74) is 2.40. The number of aliphatic imine (C=N–C) groups is 1. The number of amides is 2. The summed E-state index contributed by atoms with van der Waals surface area (Å²) in [5, 5.41) is 6.39. The summed E-state index contributed by atoms with van der Waals surface area (Å²) in [4.78, 5) is 28.1. The maximum atomic E-state index is 14.1. The fourth-order valence-electron chi connectivity index (χ4n) is 4.36. The molecule has 0 radical (unpaired) electrons. The molecule has 2 N–H and O–H groups in total. The SMILES string of the molecule is O=C(NC(c1ccc(Cl)c(F)c1)C1C=NCO1)N1CCc2cnc(NC3CCOCC3)nc2C1. The molecule has 2 aromatic rings. The summed E-state index contributed by atoms with van der Waals surface area (Å²) in [5.74, 6) is 0.0134. The van der Waals surface area contributed by atoms with E-state index < -0.39 is 18.0 Å². The van der Waals surface area contributed by atoms with Crippen LogP contribution in [-0.2, 0) is 22.4 Å². The third-order valence-electron chi connectivity index (χ3n) is 6.29. The van der Waals surface area contributed by atoms with Crippen molar-refractivity contribution in [2.45, 2.75) is 44.0 Å². The number of anilines is 1. The number of rotatable bonds is 5. The van der Waals surface area contributed by atoms with Crippen molar-refractivity contribution in [1.29, 1.82) is 0 Å². The molecule has 1 saturated heterocycles. The monoisotopic (exact) mass is 488 g/mol. The number of benzene rings is 1. The van der Waals surface area contributed by atoms with Gasteiger partial charge in [0.1, 0.15) is 18.7 Å². The number of nitrogens with zero attached hydrogens (tertiary/aromatic N) is 4. The molecule has 1 fully saturated rings. The molecule has 3 aliphatic heterocycles. The van der Waals surface area contributed by atoms with E-state index in [4.69, 9.17) is 21.1 Å². The van der Waals surface area contributed by atoms with Crippen LogP contribution < -0.4 is 10.6 Å². The van der Waals surface area contributed by atoms with Crippen molar-refractivity contribution in [1.82, 2.24) is 20.2 Å². The standard InChI is InChI=1S/C23H26ClFN6O3/c24-17-2-1-14(9-18(17)25)21(20-11-26-13-34-20)30-23(32)31-6-3-15-10-27-22(29-19(15)12-31)28-16-4-7-33-8-5-16/h1-2,9-11,16,20-21H,3-8,12-13H2,(H,30,32)(H,27,28,29). The number of ether oxygens (including phenoxy) is 2. The fourth-order valence-corrected chi connectivity index (χ4v) is 4.47. The van der Waals surface area contributed by atoms with Gasteiger partial charge in [-0.2, -0.15) is 0 Å². The van der Waals surface area contributed by atoms with Crippen molar-refractivity contribution < 1.29 is 18.7 Å². The van der Waals surface area contributed by atoms with Gasteiger partial charge in [-0.15, -0.1) is 0 Å². The van der Waals surface area contributed by atoms with E-state index in [2.05, 4.69) is 25.6 Å². The lowest BCUT2D eigenvalue weighted by molar-refractivity contribution is 0.0903. The maximum absolute atomic E-state index is 14.1. The first-order chi connectivity index (χ1) is 16.6. The van der Waals surface area contributed by atoms with Crippen LogP contribution in [0.2, 0.25) is 5.02 Å². The van der Waals surface area contributed by atoms with Crippen LogP contribution in [0.1, 0.15) is 35.7 Å². The summed E-state index contributed by atoms with van der Waals surface area (Å²) in [6.45, 7) is 2.53. The Morgan fingerprint density at radius 3 is 2.91 bits per heavy atom. The van der Waals surface area contributed by atoms with Gasteiger partial charge in [0.15, 0.2) is 0 Å². The third-order valence-corrected chi connectivity index (χ3v) is 6.60. The van der Waals surface area contributed by atoms with Crippen molar-refractivity contribution >= 4 is 29.8 Å². The number of fused-ring (bicyclic) bond motifs is 1. The van der Waals surface area contributed by atoms with Gasteiger partial charge in [-0.05, 0) is 42.5 Å². The zero-order valence-electron chi connectivity index (χ0n) is 18.5. The largest absolute Gasteiger partial charge is 0.381 e. The Bertz CT molecular complexity index is 1080. The molecule has 3 aliphatic rings. The van der Waals surface area contributed by atoms with Gasteiger partial charge in [-0.3, -0.25) is 4.99 Å². The molecule has 9 nitrogen and oxygen atoms in total. The van der Waals surface area contributed by atoms with Gasteiger partial charge >= 0.3 is 6.03 Å². The lowest BCUT2D eigenvalue weighted by Gasteiger charge is -2.31. The van der Waals surface area contributed by atoms with Crippen LogP contribution in [0.4, 0.5) is 15.1 Å². The van der Waals surface area contributed by atoms with Crippen molar-refractivity contribution in [3.05, 3.63) is 52.1 Å². The molecule has 34 heavy (non-hydrogen) atoms. The smallest absolute Gasteiger partial charge is 0.318 e. The van der Waals surface area contributed by atoms with E-state index in [0.717, 1.165) is 37.3 Å². The molecule has 0 spiro atoms. The normalized spacial score (nSPS) is 21.2. The Kier molecular flexibility index (Phi) is 6.89. The zero-order chi connectivity index (χ0) is 23.5. The molecule has 2 unspecified atom stereocenters. The highest BCUT2D eigenvalue weighted by Gasteiger charge is 2.31. The van der Waals surface area contributed by atoms with Gasteiger partial charge in [0.25, 0.3) is 0 Å². The molecular formula is C23H26ClFN6O3.